The minimum absolute atomic E-state index is 0.112. The van der Waals surface area contributed by atoms with E-state index in [1.54, 1.807) is 38.1 Å². The molecule has 0 saturated heterocycles. The summed E-state index contributed by atoms with van der Waals surface area (Å²) in [5, 5.41) is 3.20. The molecular formula is C29H38F3NO2. The highest BCUT2D eigenvalue weighted by Crippen LogP contribution is 2.36. The van der Waals surface area contributed by atoms with E-state index < -0.39 is 17.8 Å². The third-order valence-corrected chi connectivity index (χ3v) is 6.30. The zero-order valence-corrected chi connectivity index (χ0v) is 21.9. The van der Waals surface area contributed by atoms with Crippen LogP contribution < -0.4 is 5.32 Å². The minimum Gasteiger partial charge on any atom is -0.378 e. The van der Waals surface area contributed by atoms with Gasteiger partial charge in [0.25, 0.3) is 0 Å². The number of allylic oxidation sites excluding steroid dienone is 6. The molecule has 3 nitrogen and oxygen atoms in total. The molecule has 2 unspecified atom stereocenters. The van der Waals surface area contributed by atoms with Crippen molar-refractivity contribution in [2.75, 3.05) is 0 Å². The van der Waals surface area contributed by atoms with Crippen LogP contribution in [0.2, 0.25) is 0 Å². The van der Waals surface area contributed by atoms with Gasteiger partial charge in [-0.15, -0.1) is 0 Å². The van der Waals surface area contributed by atoms with Crippen LogP contribution in [0.1, 0.15) is 71.9 Å². The van der Waals surface area contributed by atoms with Crippen molar-refractivity contribution in [3.63, 3.8) is 0 Å². The van der Waals surface area contributed by atoms with E-state index in [1.165, 1.54) is 13.0 Å². The molecule has 1 rings (SSSR count). The van der Waals surface area contributed by atoms with Crippen LogP contribution in [-0.4, -0.2) is 23.8 Å². The lowest BCUT2D eigenvalue weighted by Crippen LogP contribution is -2.38. The van der Waals surface area contributed by atoms with Gasteiger partial charge in [-0.05, 0) is 75.3 Å². The highest BCUT2D eigenvalue weighted by Gasteiger charge is 2.35. The summed E-state index contributed by atoms with van der Waals surface area (Å²) < 4.78 is 41.9. The molecule has 0 spiro atoms. The number of aryl methyl sites for hydroxylation is 1. The summed E-state index contributed by atoms with van der Waals surface area (Å²) in [6.07, 6.45) is -0.313. The minimum atomic E-state index is -4.60. The molecule has 0 saturated carbocycles. The number of benzene rings is 1. The van der Waals surface area contributed by atoms with Gasteiger partial charge >= 0.3 is 6.18 Å². The Labute approximate surface area is 207 Å². The predicted octanol–water partition coefficient (Wildman–Crippen LogP) is 7.68. The van der Waals surface area contributed by atoms with Gasteiger partial charge in [-0.25, -0.2) is 0 Å². The lowest BCUT2D eigenvalue weighted by molar-refractivity contribution is -0.118. The van der Waals surface area contributed by atoms with Gasteiger partial charge in [-0.1, -0.05) is 63.6 Å². The third kappa shape index (κ3) is 8.68. The van der Waals surface area contributed by atoms with Crippen molar-refractivity contribution in [1.29, 1.82) is 0 Å². The highest BCUT2D eigenvalue weighted by atomic mass is 19.4. The maximum absolute atomic E-state index is 14.0. The topological polar surface area (TPSA) is 46.2 Å². The number of Topliss-reactive ketones (excluding diaryl/α,β-unsaturated/α-hetero) is 2. The Kier molecular flexibility index (Phi) is 11.4. The van der Waals surface area contributed by atoms with E-state index in [-0.39, 0.29) is 23.1 Å². The maximum atomic E-state index is 14.0. The third-order valence-electron chi connectivity index (χ3n) is 6.30. The number of nitrogens with one attached hydrogen (secondary N) is 1. The summed E-state index contributed by atoms with van der Waals surface area (Å²) >= 11 is 0. The van der Waals surface area contributed by atoms with Gasteiger partial charge < -0.3 is 5.32 Å². The number of rotatable bonds is 12. The molecule has 6 heteroatoms. The molecule has 0 aliphatic heterocycles. The normalized spacial score (nSPS) is 15.3. The molecule has 1 aromatic carbocycles. The Morgan fingerprint density at radius 3 is 2.06 bits per heavy atom. The van der Waals surface area contributed by atoms with E-state index in [0.717, 1.165) is 11.6 Å². The van der Waals surface area contributed by atoms with Crippen molar-refractivity contribution < 1.29 is 22.8 Å². The first-order chi connectivity index (χ1) is 16.2. The Balaban J connectivity index is 3.48. The van der Waals surface area contributed by atoms with Crippen molar-refractivity contribution in [2.45, 2.75) is 79.9 Å². The van der Waals surface area contributed by atoms with Crippen LogP contribution in [0.25, 0.3) is 5.57 Å². The zero-order valence-electron chi connectivity index (χ0n) is 21.9. The summed E-state index contributed by atoms with van der Waals surface area (Å²) in [6.45, 7) is 16.0. The number of carbonyl (C=O) groups is 2. The largest absolute Gasteiger partial charge is 0.416 e. The number of hydrogen-bond acceptors (Lipinski definition) is 3. The number of carbonyl (C=O) groups excluding carboxylic acids is 2. The fourth-order valence-electron chi connectivity index (χ4n) is 3.49. The van der Waals surface area contributed by atoms with Crippen LogP contribution in [0.15, 0.2) is 65.4 Å². The lowest BCUT2D eigenvalue weighted by atomic mass is 9.94. The Hall–Kier alpha value is -2.89. The van der Waals surface area contributed by atoms with Crippen LogP contribution in [0.5, 0.6) is 0 Å². The van der Waals surface area contributed by atoms with Gasteiger partial charge in [0.2, 0.25) is 0 Å². The second-order valence-electron chi connectivity index (χ2n) is 9.01. The van der Waals surface area contributed by atoms with Crippen LogP contribution >= 0.6 is 0 Å². The molecule has 1 N–H and O–H groups in total. The number of ketones is 2. The summed E-state index contributed by atoms with van der Waals surface area (Å²) in [5.74, 6) is -0.521. The second kappa shape index (κ2) is 13.3. The molecular weight excluding hydrogens is 451 g/mol. The molecule has 1 aromatic rings. The van der Waals surface area contributed by atoms with Crippen molar-refractivity contribution in [2.24, 2.45) is 5.92 Å². The first-order valence-electron chi connectivity index (χ1n) is 12.0. The number of alkyl halides is 3. The molecule has 192 valence electrons. The summed E-state index contributed by atoms with van der Waals surface area (Å²) in [6, 6.07) is 6.10. The lowest BCUT2D eigenvalue weighted by Gasteiger charge is -2.24. The summed E-state index contributed by atoms with van der Waals surface area (Å²) in [4.78, 5) is 24.9. The summed E-state index contributed by atoms with van der Waals surface area (Å²) in [7, 11) is 0. The molecule has 0 heterocycles. The number of hydrogen-bond donors (Lipinski definition) is 1. The standard InChI is InChI=1S/C29H38F3NO2/c1-9-11-27(28(35)21(6)20(5)23(8)34)33-26(19(4)10-2)17-16-25(29(30,31)32)22(7)24-14-12-18(3)13-15-24/h12-17,19,27,33H,7,9-11H2,1-6,8H3/b21-20-,25-16+,26-17+. The molecule has 0 fully saturated rings. The predicted molar refractivity (Wildman–Crippen MR) is 138 cm³/mol. The Morgan fingerprint density at radius 2 is 1.60 bits per heavy atom. The van der Waals surface area contributed by atoms with E-state index in [4.69, 9.17) is 0 Å². The fourth-order valence-corrected chi connectivity index (χ4v) is 3.49. The molecule has 0 aliphatic carbocycles. The molecule has 2 atom stereocenters. The van der Waals surface area contributed by atoms with Gasteiger partial charge in [0.1, 0.15) is 0 Å². The van der Waals surface area contributed by atoms with Gasteiger partial charge in [0.15, 0.2) is 11.6 Å². The van der Waals surface area contributed by atoms with Crippen LogP contribution in [0.4, 0.5) is 13.2 Å². The molecule has 0 bridgehead atoms. The van der Waals surface area contributed by atoms with E-state index in [1.807, 2.05) is 27.7 Å². The van der Waals surface area contributed by atoms with E-state index >= 15 is 0 Å². The van der Waals surface area contributed by atoms with Crippen LogP contribution in [0, 0.1) is 12.8 Å². The quantitative estimate of drug-likeness (QED) is 0.242. The first-order valence-corrected chi connectivity index (χ1v) is 12.0. The van der Waals surface area contributed by atoms with Gasteiger partial charge in [-0.3, -0.25) is 9.59 Å². The Morgan fingerprint density at radius 1 is 1.03 bits per heavy atom. The van der Waals surface area contributed by atoms with Gasteiger partial charge in [-0.2, -0.15) is 13.2 Å². The fraction of sp³-hybridized carbons (Fsp3) is 0.448. The number of halogens is 3. The molecule has 0 aliphatic rings. The molecule has 0 amide bonds. The second-order valence-corrected chi connectivity index (χ2v) is 9.01. The Bertz CT molecular complexity index is 1010. The molecule has 0 aromatic heterocycles. The molecule has 0 radical (unpaired) electrons. The SMILES string of the molecule is C=C(/C(=C\C=C(\NC(CCC)C(=O)/C(C)=C(/C)C(C)=O)C(C)CC)C(F)(F)F)c1ccc(C)cc1. The summed E-state index contributed by atoms with van der Waals surface area (Å²) in [5.41, 5.74) is 1.67. The van der Waals surface area contributed by atoms with Crippen molar-refractivity contribution in [3.05, 3.63) is 76.5 Å². The van der Waals surface area contributed by atoms with E-state index in [2.05, 4.69) is 11.9 Å². The first kappa shape index (κ1) is 30.1. The zero-order chi connectivity index (χ0) is 26.9. The van der Waals surface area contributed by atoms with Gasteiger partial charge in [0.05, 0.1) is 11.6 Å². The average molecular weight is 490 g/mol. The highest BCUT2D eigenvalue weighted by molar-refractivity contribution is 6.07. The van der Waals surface area contributed by atoms with Crippen LogP contribution in [-0.2, 0) is 9.59 Å². The maximum Gasteiger partial charge on any atom is 0.416 e. The van der Waals surface area contributed by atoms with E-state index in [9.17, 15) is 22.8 Å². The van der Waals surface area contributed by atoms with Crippen molar-refractivity contribution in [3.8, 4) is 0 Å². The smallest absolute Gasteiger partial charge is 0.378 e. The average Bonchev–Trinajstić information content (AvgIpc) is 2.80. The van der Waals surface area contributed by atoms with Crippen LogP contribution in [0.3, 0.4) is 0 Å². The monoisotopic (exact) mass is 489 g/mol. The van der Waals surface area contributed by atoms with Crippen molar-refractivity contribution in [1.82, 2.24) is 5.32 Å². The van der Waals surface area contributed by atoms with E-state index in [0.29, 0.717) is 41.7 Å². The van der Waals surface area contributed by atoms with Gasteiger partial charge in [0, 0.05) is 11.3 Å². The molecule has 35 heavy (non-hydrogen) atoms. The van der Waals surface area contributed by atoms with Crippen molar-refractivity contribution >= 4 is 17.1 Å².